The molecule has 1 saturated heterocycles. The second kappa shape index (κ2) is 5.80. The summed E-state index contributed by atoms with van der Waals surface area (Å²) in [5.41, 5.74) is 0. The molecule has 0 bridgehead atoms. The predicted molar refractivity (Wildman–Crippen MR) is 56.2 cm³/mol. The second-order valence-corrected chi connectivity index (χ2v) is 3.86. The minimum absolute atomic E-state index is 0.0157. The Hall–Kier alpha value is -0.380. The summed E-state index contributed by atoms with van der Waals surface area (Å²) in [7, 11) is 0. The summed E-state index contributed by atoms with van der Waals surface area (Å²) in [6.07, 6.45) is -4.46. The van der Waals surface area contributed by atoms with Crippen LogP contribution in [-0.2, 0) is 9.53 Å². The molecular weight excluding hydrogens is 238 g/mol. The second-order valence-electron chi connectivity index (χ2n) is 3.50. The molecule has 0 unspecified atom stereocenters. The maximum Gasteiger partial charge on any atom is 0.321 e. The van der Waals surface area contributed by atoms with E-state index < -0.39 is 43.2 Å². The van der Waals surface area contributed by atoms with Gasteiger partial charge in [-0.2, -0.15) is 12.6 Å². The highest BCUT2D eigenvalue weighted by Gasteiger charge is 2.43. The van der Waals surface area contributed by atoms with E-state index >= 15 is 0 Å². The largest absolute Gasteiger partial charge is 0.480 e. The topological polar surface area (TPSA) is 119 Å². The van der Waals surface area contributed by atoms with Gasteiger partial charge in [-0.3, -0.25) is 10.1 Å². The third-order valence-electron chi connectivity index (χ3n) is 2.39. The van der Waals surface area contributed by atoms with Crippen molar-refractivity contribution in [3.05, 3.63) is 0 Å². The summed E-state index contributed by atoms with van der Waals surface area (Å²) in [5, 5.41) is 39.0. The molecule has 5 atom stereocenters. The molecule has 1 rings (SSSR count). The van der Waals surface area contributed by atoms with Crippen LogP contribution in [0.5, 0.6) is 0 Å². The van der Waals surface area contributed by atoms with Crippen LogP contribution in [0.2, 0.25) is 0 Å². The molecule has 5 N–H and O–H groups in total. The number of carbonyl (C=O) groups is 1. The number of aliphatic carboxylic acids is 1. The third-order valence-corrected chi connectivity index (χ3v) is 2.75. The molecule has 0 saturated carbocycles. The van der Waals surface area contributed by atoms with Gasteiger partial charge in [0.2, 0.25) is 0 Å². The number of aliphatic hydroxyl groups excluding tert-OH is 3. The van der Waals surface area contributed by atoms with Gasteiger partial charge in [-0.05, 0) is 0 Å². The predicted octanol–water partition coefficient (Wildman–Crippen LogP) is -2.60. The molecular formula is C8H15NO6S. The summed E-state index contributed by atoms with van der Waals surface area (Å²) < 4.78 is 5.06. The first kappa shape index (κ1) is 13.7. The van der Waals surface area contributed by atoms with Gasteiger partial charge in [-0.25, -0.2) is 0 Å². The normalized spacial score (nSPS) is 36.2. The minimum Gasteiger partial charge on any atom is -0.480 e. The van der Waals surface area contributed by atoms with Crippen LogP contribution >= 0.6 is 12.6 Å². The molecule has 7 nitrogen and oxygen atoms in total. The first-order valence-corrected chi connectivity index (χ1v) is 5.36. The van der Waals surface area contributed by atoms with E-state index in [2.05, 4.69) is 17.9 Å². The van der Waals surface area contributed by atoms with Gasteiger partial charge in [0.1, 0.15) is 30.6 Å². The lowest BCUT2D eigenvalue weighted by Gasteiger charge is -2.20. The van der Waals surface area contributed by atoms with Crippen LogP contribution in [0.1, 0.15) is 0 Å². The smallest absolute Gasteiger partial charge is 0.321 e. The zero-order valence-electron chi connectivity index (χ0n) is 8.35. The Morgan fingerprint density at radius 1 is 1.44 bits per heavy atom. The van der Waals surface area contributed by atoms with E-state index in [0.29, 0.717) is 0 Å². The van der Waals surface area contributed by atoms with Crippen molar-refractivity contribution in [1.29, 1.82) is 0 Å². The minimum atomic E-state index is -1.28. The lowest BCUT2D eigenvalue weighted by atomic mass is 10.1. The van der Waals surface area contributed by atoms with Gasteiger partial charge in [0.05, 0.1) is 6.61 Å². The lowest BCUT2D eigenvalue weighted by Crippen LogP contribution is -2.49. The highest BCUT2D eigenvalue weighted by Crippen LogP contribution is 2.19. The van der Waals surface area contributed by atoms with Crippen molar-refractivity contribution in [3.63, 3.8) is 0 Å². The molecule has 0 radical (unpaired) electrons. The average molecular weight is 253 g/mol. The Bertz CT molecular complexity index is 253. The fourth-order valence-electron chi connectivity index (χ4n) is 1.44. The van der Waals surface area contributed by atoms with Crippen LogP contribution in [0.25, 0.3) is 0 Å². The first-order chi connectivity index (χ1) is 7.51. The van der Waals surface area contributed by atoms with E-state index in [9.17, 15) is 15.0 Å². The first-order valence-electron chi connectivity index (χ1n) is 4.73. The van der Waals surface area contributed by atoms with Crippen LogP contribution in [0.3, 0.4) is 0 Å². The SMILES string of the molecule is O=C(O)[C@H](CS)N[C@H]1O[C@@H](CO)[C@H](O)[C@H]1O. The molecule has 0 amide bonds. The van der Waals surface area contributed by atoms with E-state index in [0.717, 1.165) is 0 Å². The third kappa shape index (κ3) is 2.84. The number of hydrogen-bond acceptors (Lipinski definition) is 7. The fraction of sp³-hybridized carbons (Fsp3) is 0.875. The Labute approximate surface area is 97.4 Å². The van der Waals surface area contributed by atoms with E-state index in [1.807, 2.05) is 0 Å². The van der Waals surface area contributed by atoms with Crippen LogP contribution in [0, 0.1) is 0 Å². The highest BCUT2D eigenvalue weighted by molar-refractivity contribution is 7.80. The van der Waals surface area contributed by atoms with Crippen molar-refractivity contribution >= 4 is 18.6 Å². The van der Waals surface area contributed by atoms with E-state index in [1.165, 1.54) is 0 Å². The number of nitrogens with one attached hydrogen (secondary N) is 1. The van der Waals surface area contributed by atoms with Gasteiger partial charge in [0.15, 0.2) is 0 Å². The monoisotopic (exact) mass is 253 g/mol. The summed E-state index contributed by atoms with van der Waals surface area (Å²) in [6, 6.07) is -0.993. The van der Waals surface area contributed by atoms with E-state index in [1.54, 1.807) is 0 Å². The van der Waals surface area contributed by atoms with Gasteiger partial charge in [-0.15, -0.1) is 0 Å². The van der Waals surface area contributed by atoms with Gasteiger partial charge in [-0.1, -0.05) is 0 Å². The quantitative estimate of drug-likeness (QED) is 0.297. The van der Waals surface area contributed by atoms with Crippen molar-refractivity contribution in [3.8, 4) is 0 Å². The molecule has 1 fully saturated rings. The zero-order chi connectivity index (χ0) is 12.3. The number of carboxylic acid groups (broad SMARTS) is 1. The van der Waals surface area contributed by atoms with Crippen molar-refractivity contribution in [2.24, 2.45) is 0 Å². The summed E-state index contributed by atoms with van der Waals surface area (Å²) >= 11 is 3.83. The number of carboxylic acids is 1. The molecule has 1 aliphatic rings. The number of hydrogen-bond donors (Lipinski definition) is 6. The fourth-order valence-corrected chi connectivity index (χ4v) is 1.70. The lowest BCUT2D eigenvalue weighted by molar-refractivity contribution is -0.140. The van der Waals surface area contributed by atoms with E-state index in [4.69, 9.17) is 14.9 Å². The average Bonchev–Trinajstić information content (AvgIpc) is 2.52. The summed E-state index contributed by atoms with van der Waals surface area (Å²) in [4.78, 5) is 10.7. The Balaban J connectivity index is 2.58. The molecule has 0 aliphatic carbocycles. The standard InChI is InChI=1S/C8H15NO6S/c10-1-4-5(11)6(12)7(15-4)9-3(2-16)8(13)14/h3-7,9-12,16H,1-2H2,(H,13,14)/t3-,4-,5-,6+,7-/m0/s1. The van der Waals surface area contributed by atoms with Gasteiger partial charge >= 0.3 is 5.97 Å². The molecule has 1 heterocycles. The number of ether oxygens (including phenoxy) is 1. The summed E-state index contributed by atoms with van der Waals surface area (Å²) in [6.45, 7) is -0.449. The van der Waals surface area contributed by atoms with Crippen LogP contribution in [0.4, 0.5) is 0 Å². The highest BCUT2D eigenvalue weighted by atomic mass is 32.1. The molecule has 0 aromatic rings. The van der Waals surface area contributed by atoms with Crippen molar-refractivity contribution in [1.82, 2.24) is 5.32 Å². The van der Waals surface area contributed by atoms with Gasteiger partial charge in [0, 0.05) is 5.75 Å². The Kier molecular flexibility index (Phi) is 4.96. The maximum absolute atomic E-state index is 10.7. The maximum atomic E-state index is 10.7. The molecule has 1 aliphatic heterocycles. The van der Waals surface area contributed by atoms with Crippen LogP contribution in [0.15, 0.2) is 0 Å². The molecule has 94 valence electrons. The molecule has 16 heavy (non-hydrogen) atoms. The van der Waals surface area contributed by atoms with Crippen molar-refractivity contribution in [2.45, 2.75) is 30.6 Å². The molecule has 0 aromatic carbocycles. The van der Waals surface area contributed by atoms with Gasteiger partial charge in [0.25, 0.3) is 0 Å². The number of thiol groups is 1. The van der Waals surface area contributed by atoms with Crippen LogP contribution < -0.4 is 5.32 Å². The summed E-state index contributed by atoms with van der Waals surface area (Å²) in [5.74, 6) is -1.12. The number of rotatable bonds is 5. The zero-order valence-corrected chi connectivity index (χ0v) is 9.25. The number of aliphatic hydroxyl groups is 3. The Morgan fingerprint density at radius 2 is 2.06 bits per heavy atom. The van der Waals surface area contributed by atoms with Crippen LogP contribution in [-0.4, -0.2) is 69.3 Å². The Morgan fingerprint density at radius 3 is 2.44 bits per heavy atom. The van der Waals surface area contributed by atoms with Crippen molar-refractivity contribution in [2.75, 3.05) is 12.4 Å². The van der Waals surface area contributed by atoms with Crippen molar-refractivity contribution < 1.29 is 30.0 Å². The van der Waals surface area contributed by atoms with Gasteiger partial charge < -0.3 is 25.2 Å². The molecule has 8 heteroatoms. The molecule has 0 aromatic heterocycles. The van der Waals surface area contributed by atoms with E-state index in [-0.39, 0.29) is 5.75 Å². The molecule has 0 spiro atoms.